The van der Waals surface area contributed by atoms with Crippen LogP contribution in [0.25, 0.3) is 27.5 Å². The number of benzene rings is 2. The van der Waals surface area contributed by atoms with Gasteiger partial charge in [-0.1, -0.05) is 19.4 Å². The Morgan fingerprint density at radius 3 is 2.59 bits per heavy atom. The number of fused-ring (bicyclic) bond motifs is 3. The van der Waals surface area contributed by atoms with Crippen LogP contribution in [0, 0.1) is 5.82 Å². The third-order valence-corrected chi connectivity index (χ3v) is 4.85. The van der Waals surface area contributed by atoms with E-state index in [9.17, 15) is 4.39 Å². The molecule has 0 amide bonds. The summed E-state index contributed by atoms with van der Waals surface area (Å²) in [6.45, 7) is 2.95. The Kier molecular flexibility index (Phi) is 5.20. The molecule has 1 N–H and O–H groups in total. The van der Waals surface area contributed by atoms with Crippen LogP contribution in [0.5, 0.6) is 11.5 Å². The summed E-state index contributed by atoms with van der Waals surface area (Å²) in [6, 6.07) is 10.1. The fourth-order valence-electron chi connectivity index (χ4n) is 3.35. The van der Waals surface area contributed by atoms with E-state index in [4.69, 9.17) is 19.6 Å². The second kappa shape index (κ2) is 7.95. The number of methoxy groups -OCH3 is 2. The van der Waals surface area contributed by atoms with Gasteiger partial charge in [-0.2, -0.15) is 5.10 Å². The van der Waals surface area contributed by atoms with Gasteiger partial charge in [-0.3, -0.25) is 0 Å². The predicted octanol–water partition coefficient (Wildman–Crippen LogP) is 4.94. The van der Waals surface area contributed by atoms with Gasteiger partial charge in [-0.05, 0) is 30.7 Å². The van der Waals surface area contributed by atoms with Crippen molar-refractivity contribution in [3.8, 4) is 17.2 Å². The maximum Gasteiger partial charge on any atom is 0.162 e. The van der Waals surface area contributed by atoms with E-state index >= 15 is 0 Å². The normalized spacial score (nSPS) is 11.2. The molecule has 0 saturated heterocycles. The van der Waals surface area contributed by atoms with E-state index in [1.54, 1.807) is 25.0 Å². The molecule has 2 aromatic heterocycles. The lowest BCUT2D eigenvalue weighted by molar-refractivity contribution is 0.356. The highest BCUT2D eigenvalue weighted by atomic mass is 19.1. The van der Waals surface area contributed by atoms with Crippen LogP contribution < -0.4 is 14.8 Å². The highest BCUT2D eigenvalue weighted by molar-refractivity contribution is 6.08. The molecule has 4 rings (SSSR count). The van der Waals surface area contributed by atoms with Crippen molar-refractivity contribution in [2.45, 2.75) is 19.8 Å². The van der Waals surface area contributed by atoms with Crippen molar-refractivity contribution >= 4 is 27.6 Å². The largest absolute Gasteiger partial charge is 0.493 e. The van der Waals surface area contributed by atoms with Crippen molar-refractivity contribution in [1.82, 2.24) is 14.8 Å². The summed E-state index contributed by atoms with van der Waals surface area (Å²) >= 11 is 0. The van der Waals surface area contributed by atoms with Crippen LogP contribution in [0.15, 0.2) is 42.6 Å². The Bertz CT molecular complexity index is 1170. The van der Waals surface area contributed by atoms with Gasteiger partial charge in [0.25, 0.3) is 0 Å². The van der Waals surface area contributed by atoms with E-state index in [0.29, 0.717) is 17.2 Å². The Morgan fingerprint density at radius 1 is 1.07 bits per heavy atom. The molecule has 7 heteroatoms. The van der Waals surface area contributed by atoms with E-state index in [1.807, 2.05) is 24.4 Å². The van der Waals surface area contributed by atoms with Gasteiger partial charge in [0.1, 0.15) is 17.2 Å². The number of ether oxygens (including phenoxy) is 2. The zero-order valence-electron chi connectivity index (χ0n) is 16.7. The molecular weight excluding hydrogens is 371 g/mol. The molecule has 0 atom stereocenters. The molecule has 0 unspecified atom stereocenters. The molecule has 150 valence electrons. The lowest BCUT2D eigenvalue weighted by Crippen LogP contribution is -2.03. The summed E-state index contributed by atoms with van der Waals surface area (Å²) in [5.74, 6) is 1.65. The maximum atomic E-state index is 13.7. The third kappa shape index (κ3) is 3.55. The maximum absolute atomic E-state index is 13.7. The Labute approximate surface area is 168 Å². The first-order chi connectivity index (χ1) is 14.1. The van der Waals surface area contributed by atoms with Crippen LogP contribution >= 0.6 is 0 Å². The zero-order chi connectivity index (χ0) is 20.4. The quantitative estimate of drug-likeness (QED) is 0.450. The fraction of sp³-hybridized carbons (Fsp3) is 0.273. The monoisotopic (exact) mass is 394 g/mol. The number of nitrogens with one attached hydrogen (secondary N) is 1. The standard InChI is InChI=1S/C22H23FN4O2/c1-4-5-9-24-22-17-13-27(15-8-6-7-14(23)10-15)26-21(17)16-11-19(28-2)20(29-3)12-18(16)25-22/h6-8,10-13H,4-5,9H2,1-3H3,(H,24,25). The number of pyridine rings is 1. The van der Waals surface area contributed by atoms with Crippen molar-refractivity contribution < 1.29 is 13.9 Å². The van der Waals surface area contributed by atoms with Gasteiger partial charge >= 0.3 is 0 Å². The summed E-state index contributed by atoms with van der Waals surface area (Å²) in [7, 11) is 3.20. The minimum Gasteiger partial charge on any atom is -0.493 e. The van der Waals surface area contributed by atoms with Crippen LogP contribution in [-0.2, 0) is 0 Å². The third-order valence-electron chi connectivity index (χ3n) is 4.85. The number of hydrogen-bond donors (Lipinski definition) is 1. The molecule has 0 aliphatic carbocycles. The molecule has 0 aliphatic heterocycles. The first kappa shape index (κ1) is 19.0. The summed E-state index contributed by atoms with van der Waals surface area (Å²) in [5.41, 5.74) is 2.16. The number of nitrogens with zero attached hydrogens (tertiary/aromatic N) is 3. The summed E-state index contributed by atoms with van der Waals surface area (Å²) in [4.78, 5) is 4.81. The lowest BCUT2D eigenvalue weighted by Gasteiger charge is -2.11. The predicted molar refractivity (Wildman–Crippen MR) is 113 cm³/mol. The van der Waals surface area contributed by atoms with Gasteiger partial charge < -0.3 is 14.8 Å². The van der Waals surface area contributed by atoms with E-state index in [1.165, 1.54) is 12.1 Å². The second-order valence-electron chi connectivity index (χ2n) is 6.78. The minimum absolute atomic E-state index is 0.308. The number of hydrogen-bond acceptors (Lipinski definition) is 5. The van der Waals surface area contributed by atoms with E-state index in [0.717, 1.165) is 47.0 Å². The van der Waals surface area contributed by atoms with E-state index in [-0.39, 0.29) is 5.82 Å². The van der Waals surface area contributed by atoms with Crippen LogP contribution in [0.2, 0.25) is 0 Å². The average molecular weight is 394 g/mol. The summed E-state index contributed by atoms with van der Waals surface area (Å²) in [5, 5.41) is 9.87. The van der Waals surface area contributed by atoms with Gasteiger partial charge in [0.15, 0.2) is 11.5 Å². The SMILES string of the molecule is CCCCNc1nc2cc(OC)c(OC)cc2c2nn(-c3cccc(F)c3)cc12. The molecule has 0 fully saturated rings. The molecule has 0 aliphatic rings. The lowest BCUT2D eigenvalue weighted by atomic mass is 10.1. The van der Waals surface area contributed by atoms with E-state index in [2.05, 4.69) is 12.2 Å². The van der Waals surface area contributed by atoms with Crippen LogP contribution in [0.1, 0.15) is 19.8 Å². The first-order valence-corrected chi connectivity index (χ1v) is 9.59. The zero-order valence-corrected chi connectivity index (χ0v) is 16.7. The number of anilines is 1. The molecule has 2 heterocycles. The van der Waals surface area contributed by atoms with Crippen LogP contribution in [-0.4, -0.2) is 35.5 Å². The van der Waals surface area contributed by atoms with E-state index < -0.39 is 0 Å². The number of halogens is 1. The molecule has 0 bridgehead atoms. The molecule has 2 aromatic carbocycles. The number of aromatic nitrogens is 3. The fourth-order valence-corrected chi connectivity index (χ4v) is 3.35. The van der Waals surface area contributed by atoms with Crippen molar-refractivity contribution in [3.63, 3.8) is 0 Å². The first-order valence-electron chi connectivity index (χ1n) is 9.59. The second-order valence-corrected chi connectivity index (χ2v) is 6.78. The van der Waals surface area contributed by atoms with Crippen molar-refractivity contribution in [3.05, 3.63) is 48.4 Å². The summed E-state index contributed by atoms with van der Waals surface area (Å²) in [6.07, 6.45) is 3.99. The topological polar surface area (TPSA) is 61.2 Å². The highest BCUT2D eigenvalue weighted by Crippen LogP contribution is 2.36. The molecule has 0 radical (unpaired) electrons. The van der Waals surface area contributed by atoms with Gasteiger partial charge in [-0.25, -0.2) is 14.1 Å². The molecular formula is C22H23FN4O2. The Morgan fingerprint density at radius 2 is 1.86 bits per heavy atom. The number of rotatable bonds is 7. The van der Waals surface area contributed by atoms with Crippen LogP contribution in [0.3, 0.4) is 0 Å². The van der Waals surface area contributed by atoms with Crippen molar-refractivity contribution in [2.75, 3.05) is 26.1 Å². The van der Waals surface area contributed by atoms with Crippen molar-refractivity contribution in [1.29, 1.82) is 0 Å². The summed E-state index contributed by atoms with van der Waals surface area (Å²) < 4.78 is 26.3. The Balaban J connectivity index is 1.96. The molecule has 0 saturated carbocycles. The smallest absolute Gasteiger partial charge is 0.162 e. The molecule has 4 aromatic rings. The van der Waals surface area contributed by atoms with Gasteiger partial charge in [0, 0.05) is 24.2 Å². The minimum atomic E-state index is -0.308. The number of unbranched alkanes of at least 4 members (excludes halogenated alkanes) is 1. The Hall–Kier alpha value is -3.35. The average Bonchev–Trinajstić information content (AvgIpc) is 3.19. The van der Waals surface area contributed by atoms with Crippen LogP contribution in [0.4, 0.5) is 10.2 Å². The molecule has 29 heavy (non-hydrogen) atoms. The van der Waals surface area contributed by atoms with Gasteiger partial charge in [0.2, 0.25) is 0 Å². The van der Waals surface area contributed by atoms with Gasteiger partial charge in [0.05, 0.1) is 30.8 Å². The molecule has 6 nitrogen and oxygen atoms in total. The van der Waals surface area contributed by atoms with Crippen molar-refractivity contribution in [2.24, 2.45) is 0 Å². The molecule has 0 spiro atoms. The highest BCUT2D eigenvalue weighted by Gasteiger charge is 2.16. The van der Waals surface area contributed by atoms with Gasteiger partial charge in [-0.15, -0.1) is 0 Å².